The Balaban J connectivity index is 2.77. The minimum atomic E-state index is 0.381. The maximum atomic E-state index is 4.12. The van der Waals surface area contributed by atoms with E-state index in [1.54, 1.807) is 0 Å². The van der Waals surface area contributed by atoms with Gasteiger partial charge in [0.05, 0.1) is 10.6 Å². The first-order valence-electron chi connectivity index (χ1n) is 4.06. The fourth-order valence-corrected chi connectivity index (χ4v) is 2.16. The van der Waals surface area contributed by atoms with Crippen LogP contribution in [0.4, 0.5) is 0 Å². The van der Waals surface area contributed by atoms with Gasteiger partial charge in [-0.1, -0.05) is 34.3 Å². The largest absolute Gasteiger partial charge is 0.143 e. The Morgan fingerprint density at radius 3 is 2.58 bits per heavy atom. The molecule has 12 heavy (non-hydrogen) atoms. The highest BCUT2D eigenvalue weighted by Gasteiger charge is 2.13. The average molecular weight is 249 g/mol. The Kier molecular flexibility index (Phi) is 3.65. The summed E-state index contributed by atoms with van der Waals surface area (Å²) in [5.74, 6) is 0.652. The van der Waals surface area contributed by atoms with E-state index in [-0.39, 0.29) is 0 Å². The molecule has 1 atom stereocenters. The number of alkyl halides is 1. The number of hydrogen-bond donors (Lipinski definition) is 0. The van der Waals surface area contributed by atoms with Crippen molar-refractivity contribution in [3.63, 3.8) is 0 Å². The third-order valence-electron chi connectivity index (χ3n) is 1.55. The third kappa shape index (κ3) is 2.52. The molecule has 4 heteroatoms. The predicted molar refractivity (Wildman–Crippen MR) is 55.8 cm³/mol. The molecule has 2 nitrogen and oxygen atoms in total. The van der Waals surface area contributed by atoms with Gasteiger partial charge in [0.2, 0.25) is 0 Å². The summed E-state index contributed by atoms with van der Waals surface area (Å²) in [5, 5.41) is 4.12. The summed E-state index contributed by atoms with van der Waals surface area (Å²) in [5.41, 5.74) is 1.15. The third-order valence-corrected chi connectivity index (χ3v) is 3.26. The first kappa shape index (κ1) is 10.1. The fraction of sp³-hybridized carbons (Fsp3) is 0.750. The first-order valence-corrected chi connectivity index (χ1v) is 5.75. The van der Waals surface area contributed by atoms with E-state index in [4.69, 9.17) is 0 Å². The van der Waals surface area contributed by atoms with Crippen LogP contribution in [0.3, 0.4) is 0 Å². The van der Waals surface area contributed by atoms with Crippen LogP contribution in [-0.4, -0.2) is 9.59 Å². The lowest BCUT2D eigenvalue weighted by molar-refractivity contribution is 0.630. The van der Waals surface area contributed by atoms with Crippen LogP contribution in [0, 0.1) is 5.92 Å². The normalized spacial score (nSPS) is 13.8. The van der Waals surface area contributed by atoms with E-state index in [1.165, 1.54) is 16.4 Å². The van der Waals surface area contributed by atoms with Crippen LogP contribution >= 0.6 is 27.5 Å². The number of hydrogen-bond acceptors (Lipinski definition) is 3. The number of halogens is 1. The van der Waals surface area contributed by atoms with Crippen molar-refractivity contribution in [3.8, 4) is 0 Å². The lowest BCUT2D eigenvalue weighted by Crippen LogP contribution is -1.98. The van der Waals surface area contributed by atoms with Crippen LogP contribution in [0.25, 0.3) is 0 Å². The fourth-order valence-electron chi connectivity index (χ4n) is 1.05. The van der Waals surface area contributed by atoms with E-state index in [0.717, 1.165) is 12.1 Å². The van der Waals surface area contributed by atoms with Crippen molar-refractivity contribution in [1.82, 2.24) is 9.59 Å². The minimum absolute atomic E-state index is 0.381. The van der Waals surface area contributed by atoms with Gasteiger partial charge < -0.3 is 0 Å². The highest BCUT2D eigenvalue weighted by Crippen LogP contribution is 2.28. The standard InChI is InChI=1S/C8H13BrN2S/c1-5(2)4-7-8(6(3)9)12-11-10-7/h5-6H,4H2,1-3H3. The summed E-state index contributed by atoms with van der Waals surface area (Å²) in [4.78, 5) is 1.65. The zero-order chi connectivity index (χ0) is 9.14. The van der Waals surface area contributed by atoms with Crippen molar-refractivity contribution in [3.05, 3.63) is 10.6 Å². The van der Waals surface area contributed by atoms with Crippen LogP contribution in [0.5, 0.6) is 0 Å². The van der Waals surface area contributed by atoms with Gasteiger partial charge in [-0.2, -0.15) is 0 Å². The molecule has 0 saturated carbocycles. The second-order valence-electron chi connectivity index (χ2n) is 3.30. The molecular formula is C8H13BrN2S. The molecular weight excluding hydrogens is 236 g/mol. The van der Waals surface area contributed by atoms with Gasteiger partial charge in [0.25, 0.3) is 0 Å². The number of rotatable bonds is 3. The minimum Gasteiger partial charge on any atom is -0.143 e. The second kappa shape index (κ2) is 4.33. The summed E-state index contributed by atoms with van der Waals surface area (Å²) in [6, 6.07) is 0. The van der Waals surface area contributed by atoms with Gasteiger partial charge in [-0.25, -0.2) is 0 Å². The van der Waals surface area contributed by atoms with Crippen LogP contribution < -0.4 is 0 Å². The SMILES string of the molecule is CC(C)Cc1nnsc1C(C)Br. The van der Waals surface area contributed by atoms with E-state index < -0.39 is 0 Å². The molecule has 0 aliphatic rings. The molecule has 0 fully saturated rings. The molecule has 0 radical (unpaired) electrons. The molecule has 1 rings (SSSR count). The van der Waals surface area contributed by atoms with Crippen LogP contribution in [-0.2, 0) is 6.42 Å². The van der Waals surface area contributed by atoms with E-state index in [2.05, 4.69) is 46.3 Å². The van der Waals surface area contributed by atoms with E-state index >= 15 is 0 Å². The van der Waals surface area contributed by atoms with E-state index in [1.807, 2.05) is 0 Å². The highest BCUT2D eigenvalue weighted by atomic mass is 79.9. The Hall–Kier alpha value is 0.0400. The molecule has 0 aromatic carbocycles. The maximum Gasteiger partial charge on any atom is 0.0801 e. The molecule has 1 aromatic rings. The van der Waals surface area contributed by atoms with Crippen molar-refractivity contribution >= 4 is 27.5 Å². The first-order chi connectivity index (χ1) is 5.61. The Morgan fingerprint density at radius 1 is 1.42 bits per heavy atom. The quantitative estimate of drug-likeness (QED) is 0.769. The van der Waals surface area contributed by atoms with Crippen molar-refractivity contribution in [2.45, 2.75) is 32.0 Å². The van der Waals surface area contributed by atoms with Gasteiger partial charge in [-0.05, 0) is 30.8 Å². The van der Waals surface area contributed by atoms with E-state index in [9.17, 15) is 0 Å². The van der Waals surface area contributed by atoms with Crippen LogP contribution in [0.15, 0.2) is 0 Å². The molecule has 68 valence electrons. The zero-order valence-corrected chi connectivity index (χ0v) is 9.94. The van der Waals surface area contributed by atoms with Gasteiger partial charge in [0.15, 0.2) is 0 Å². The molecule has 0 aliphatic heterocycles. The molecule has 0 aliphatic carbocycles. The van der Waals surface area contributed by atoms with Gasteiger partial charge >= 0.3 is 0 Å². The summed E-state index contributed by atoms with van der Waals surface area (Å²) < 4.78 is 3.96. The molecule has 1 aromatic heterocycles. The van der Waals surface area contributed by atoms with Crippen molar-refractivity contribution in [1.29, 1.82) is 0 Å². The summed E-state index contributed by atoms with van der Waals surface area (Å²) >= 11 is 5.02. The summed E-state index contributed by atoms with van der Waals surface area (Å²) in [6.45, 7) is 6.50. The predicted octanol–water partition coefficient (Wildman–Crippen LogP) is 3.19. The van der Waals surface area contributed by atoms with Crippen molar-refractivity contribution in [2.75, 3.05) is 0 Å². The van der Waals surface area contributed by atoms with Gasteiger partial charge in [-0.15, -0.1) is 5.10 Å². The van der Waals surface area contributed by atoms with Gasteiger partial charge in [0, 0.05) is 4.83 Å². The zero-order valence-electron chi connectivity index (χ0n) is 7.54. The monoisotopic (exact) mass is 248 g/mol. The second-order valence-corrected chi connectivity index (χ2v) is 5.46. The van der Waals surface area contributed by atoms with Crippen molar-refractivity contribution < 1.29 is 0 Å². The summed E-state index contributed by atoms with van der Waals surface area (Å²) in [7, 11) is 0. The molecule has 0 N–H and O–H groups in total. The Labute approximate surface area is 85.7 Å². The lowest BCUT2D eigenvalue weighted by Gasteiger charge is -2.04. The number of aromatic nitrogens is 2. The number of nitrogens with zero attached hydrogens (tertiary/aromatic N) is 2. The van der Waals surface area contributed by atoms with Gasteiger partial charge in [-0.3, -0.25) is 0 Å². The summed E-state index contributed by atoms with van der Waals surface area (Å²) in [6.07, 6.45) is 1.03. The molecule has 0 spiro atoms. The topological polar surface area (TPSA) is 25.8 Å². The Morgan fingerprint density at radius 2 is 2.08 bits per heavy atom. The Bertz CT molecular complexity index is 245. The van der Waals surface area contributed by atoms with Crippen molar-refractivity contribution in [2.24, 2.45) is 5.92 Å². The van der Waals surface area contributed by atoms with Crippen LogP contribution in [0.1, 0.15) is 36.2 Å². The molecule has 0 saturated heterocycles. The average Bonchev–Trinajstić information content (AvgIpc) is 2.33. The van der Waals surface area contributed by atoms with Gasteiger partial charge in [0.1, 0.15) is 0 Å². The smallest absolute Gasteiger partial charge is 0.0801 e. The van der Waals surface area contributed by atoms with E-state index in [0.29, 0.717) is 10.7 Å². The molecule has 1 unspecified atom stereocenters. The van der Waals surface area contributed by atoms with Crippen LogP contribution in [0.2, 0.25) is 0 Å². The molecule has 0 amide bonds. The maximum absolute atomic E-state index is 4.12. The molecule has 1 heterocycles. The highest BCUT2D eigenvalue weighted by molar-refractivity contribution is 9.09. The lowest BCUT2D eigenvalue weighted by atomic mass is 10.1. The molecule has 0 bridgehead atoms.